The largest absolute Gasteiger partial charge is 0.497 e. The highest BCUT2D eigenvalue weighted by Crippen LogP contribution is 2.27. The molecule has 2 amide bonds. The molecule has 0 atom stereocenters. The number of carbonyl (C=O) groups is 2. The summed E-state index contributed by atoms with van der Waals surface area (Å²) in [5, 5.41) is 2.84. The lowest BCUT2D eigenvalue weighted by molar-refractivity contribution is -0.117. The predicted molar refractivity (Wildman–Crippen MR) is 105 cm³/mol. The number of nitrogens with zero attached hydrogens (tertiary/aromatic N) is 1. The normalized spacial score (nSPS) is 10.5. The van der Waals surface area contributed by atoms with Gasteiger partial charge in [-0.2, -0.15) is 0 Å². The van der Waals surface area contributed by atoms with Crippen LogP contribution in [0.15, 0.2) is 48.5 Å². The van der Waals surface area contributed by atoms with Gasteiger partial charge in [0.2, 0.25) is 11.8 Å². The highest BCUT2D eigenvalue weighted by Gasteiger charge is 2.17. The minimum atomic E-state index is -0.136. The number of amides is 2. The molecule has 0 unspecified atom stereocenters. The Balaban J connectivity index is 2.04. The molecule has 0 aromatic heterocycles. The third-order valence-corrected chi connectivity index (χ3v) is 4.17. The molecule has 0 aliphatic rings. The van der Waals surface area contributed by atoms with E-state index in [9.17, 15) is 9.59 Å². The molecule has 0 aliphatic carbocycles. The van der Waals surface area contributed by atoms with Gasteiger partial charge in [0.25, 0.3) is 0 Å². The fourth-order valence-corrected chi connectivity index (χ4v) is 2.78. The molecule has 1 N–H and O–H groups in total. The zero-order valence-electron chi connectivity index (χ0n) is 15.8. The number of hydrogen-bond acceptors (Lipinski definition) is 3. The second-order valence-electron chi connectivity index (χ2n) is 6.41. The molecule has 0 aliphatic heterocycles. The Morgan fingerprint density at radius 3 is 2.31 bits per heavy atom. The van der Waals surface area contributed by atoms with Gasteiger partial charge in [-0.1, -0.05) is 32.0 Å². The molecule has 5 heteroatoms. The molecule has 2 aromatic rings. The molecule has 2 aromatic carbocycles. The van der Waals surface area contributed by atoms with Gasteiger partial charge in [0.05, 0.1) is 7.11 Å². The standard InChI is InChI=1S/C21H26N2O3/c1-15(2)19-7-5-6-8-20(19)23(16(3)24)14-13-21(25)22-17-9-11-18(26-4)12-10-17/h5-12,15H,13-14H2,1-4H3,(H,22,25). The number of benzene rings is 2. The molecular formula is C21H26N2O3. The average molecular weight is 354 g/mol. The first-order valence-electron chi connectivity index (χ1n) is 8.73. The number of ether oxygens (including phenoxy) is 1. The van der Waals surface area contributed by atoms with Crippen molar-refractivity contribution in [2.75, 3.05) is 23.9 Å². The Morgan fingerprint density at radius 1 is 1.08 bits per heavy atom. The van der Waals surface area contributed by atoms with Crippen molar-refractivity contribution in [3.8, 4) is 5.75 Å². The smallest absolute Gasteiger partial charge is 0.226 e. The Labute approximate surface area is 155 Å². The fourth-order valence-electron chi connectivity index (χ4n) is 2.78. The van der Waals surface area contributed by atoms with E-state index in [1.807, 2.05) is 24.3 Å². The Bertz CT molecular complexity index is 754. The summed E-state index contributed by atoms with van der Waals surface area (Å²) < 4.78 is 5.10. The molecule has 0 saturated heterocycles. The van der Waals surface area contributed by atoms with Crippen molar-refractivity contribution in [2.45, 2.75) is 33.1 Å². The van der Waals surface area contributed by atoms with Crippen molar-refractivity contribution in [1.29, 1.82) is 0 Å². The van der Waals surface area contributed by atoms with Gasteiger partial charge in [-0.25, -0.2) is 0 Å². The first-order chi connectivity index (χ1) is 12.4. The van der Waals surface area contributed by atoms with Gasteiger partial charge in [-0.15, -0.1) is 0 Å². The highest BCUT2D eigenvalue weighted by molar-refractivity contribution is 5.95. The highest BCUT2D eigenvalue weighted by atomic mass is 16.5. The summed E-state index contributed by atoms with van der Waals surface area (Å²) in [4.78, 5) is 26.1. The predicted octanol–water partition coefficient (Wildman–Crippen LogP) is 4.20. The van der Waals surface area contributed by atoms with E-state index in [0.717, 1.165) is 17.0 Å². The number of anilines is 2. The van der Waals surface area contributed by atoms with Crippen molar-refractivity contribution in [3.05, 3.63) is 54.1 Å². The molecule has 0 fully saturated rings. The van der Waals surface area contributed by atoms with Crippen LogP contribution in [0.4, 0.5) is 11.4 Å². The third-order valence-electron chi connectivity index (χ3n) is 4.17. The Morgan fingerprint density at radius 2 is 1.73 bits per heavy atom. The summed E-state index contributed by atoms with van der Waals surface area (Å²) in [5.41, 5.74) is 2.67. The van der Waals surface area contributed by atoms with Crippen LogP contribution in [0.2, 0.25) is 0 Å². The van der Waals surface area contributed by atoms with Crippen molar-refractivity contribution in [1.82, 2.24) is 0 Å². The summed E-state index contributed by atoms with van der Waals surface area (Å²) in [5.74, 6) is 0.816. The quantitative estimate of drug-likeness (QED) is 0.811. The number of nitrogens with one attached hydrogen (secondary N) is 1. The lowest BCUT2D eigenvalue weighted by Crippen LogP contribution is -2.32. The van der Waals surface area contributed by atoms with Crippen LogP contribution in [0.3, 0.4) is 0 Å². The van der Waals surface area contributed by atoms with Crippen molar-refractivity contribution < 1.29 is 14.3 Å². The zero-order valence-corrected chi connectivity index (χ0v) is 15.8. The van der Waals surface area contributed by atoms with Gasteiger partial charge in [-0.05, 0) is 41.8 Å². The van der Waals surface area contributed by atoms with Crippen molar-refractivity contribution in [3.63, 3.8) is 0 Å². The minimum absolute atomic E-state index is 0.0738. The first kappa shape index (κ1) is 19.5. The van der Waals surface area contributed by atoms with Gasteiger partial charge in [0, 0.05) is 31.3 Å². The number of hydrogen-bond donors (Lipinski definition) is 1. The van der Waals surface area contributed by atoms with Crippen LogP contribution in [-0.4, -0.2) is 25.5 Å². The van der Waals surface area contributed by atoms with E-state index in [0.29, 0.717) is 18.2 Å². The van der Waals surface area contributed by atoms with Crippen LogP contribution in [0, 0.1) is 0 Å². The van der Waals surface area contributed by atoms with Crippen LogP contribution in [0.1, 0.15) is 38.7 Å². The fraction of sp³-hybridized carbons (Fsp3) is 0.333. The first-order valence-corrected chi connectivity index (χ1v) is 8.73. The van der Waals surface area contributed by atoms with Crippen molar-refractivity contribution in [2.24, 2.45) is 0 Å². The lowest BCUT2D eigenvalue weighted by Gasteiger charge is -2.25. The average Bonchev–Trinajstić information content (AvgIpc) is 2.62. The van der Waals surface area contributed by atoms with E-state index < -0.39 is 0 Å². The maximum Gasteiger partial charge on any atom is 0.226 e. The van der Waals surface area contributed by atoms with Crippen LogP contribution in [0.5, 0.6) is 5.75 Å². The Hall–Kier alpha value is -2.82. The maximum absolute atomic E-state index is 12.3. The second-order valence-corrected chi connectivity index (χ2v) is 6.41. The van der Waals surface area contributed by atoms with Gasteiger partial charge in [0.15, 0.2) is 0 Å². The summed E-state index contributed by atoms with van der Waals surface area (Å²) in [6, 6.07) is 15.0. The molecule has 0 radical (unpaired) electrons. The Kier molecular flexibility index (Phi) is 6.78. The molecule has 26 heavy (non-hydrogen) atoms. The van der Waals surface area contributed by atoms with Gasteiger partial charge in [0.1, 0.15) is 5.75 Å². The summed E-state index contributed by atoms with van der Waals surface area (Å²) >= 11 is 0. The lowest BCUT2D eigenvalue weighted by atomic mass is 10.0. The summed E-state index contributed by atoms with van der Waals surface area (Å²) in [6.45, 7) is 6.04. The summed E-state index contributed by atoms with van der Waals surface area (Å²) in [6.07, 6.45) is 0.220. The number of methoxy groups -OCH3 is 1. The van der Waals surface area contributed by atoms with Crippen molar-refractivity contribution >= 4 is 23.2 Å². The van der Waals surface area contributed by atoms with E-state index in [1.165, 1.54) is 6.92 Å². The monoisotopic (exact) mass is 354 g/mol. The zero-order chi connectivity index (χ0) is 19.1. The number of carbonyl (C=O) groups excluding carboxylic acids is 2. The SMILES string of the molecule is COc1ccc(NC(=O)CCN(C(C)=O)c2ccccc2C(C)C)cc1. The molecule has 0 saturated carbocycles. The third kappa shape index (κ3) is 5.09. The van der Waals surface area contributed by atoms with Gasteiger partial charge < -0.3 is 15.0 Å². The van der Waals surface area contributed by atoms with Gasteiger partial charge in [-0.3, -0.25) is 9.59 Å². The molecule has 0 heterocycles. The van der Waals surface area contributed by atoms with E-state index in [2.05, 4.69) is 19.2 Å². The van der Waals surface area contributed by atoms with Crippen LogP contribution < -0.4 is 15.0 Å². The van der Waals surface area contributed by atoms with E-state index in [-0.39, 0.29) is 18.2 Å². The van der Waals surface area contributed by atoms with E-state index in [1.54, 1.807) is 36.3 Å². The molecule has 2 rings (SSSR count). The molecule has 138 valence electrons. The second kappa shape index (κ2) is 9.04. The number of rotatable bonds is 7. The molecule has 0 bridgehead atoms. The molecular weight excluding hydrogens is 328 g/mol. The topological polar surface area (TPSA) is 58.6 Å². The van der Waals surface area contributed by atoms with Crippen LogP contribution >= 0.6 is 0 Å². The van der Waals surface area contributed by atoms with Crippen LogP contribution in [-0.2, 0) is 9.59 Å². The number of para-hydroxylation sites is 1. The van der Waals surface area contributed by atoms with E-state index in [4.69, 9.17) is 4.74 Å². The summed E-state index contributed by atoms with van der Waals surface area (Å²) in [7, 11) is 1.60. The van der Waals surface area contributed by atoms with Gasteiger partial charge >= 0.3 is 0 Å². The van der Waals surface area contributed by atoms with Crippen LogP contribution in [0.25, 0.3) is 0 Å². The molecule has 5 nitrogen and oxygen atoms in total. The maximum atomic E-state index is 12.3. The minimum Gasteiger partial charge on any atom is -0.497 e. The molecule has 0 spiro atoms. The van der Waals surface area contributed by atoms with E-state index >= 15 is 0 Å².